The number of carbonyl (C=O) groups is 1. The number of hydrogen-bond donors (Lipinski definition) is 2. The fourth-order valence-electron chi connectivity index (χ4n) is 1.82. The van der Waals surface area contributed by atoms with Gasteiger partial charge in [-0.15, -0.1) is 0 Å². The van der Waals surface area contributed by atoms with Crippen molar-refractivity contribution in [3.05, 3.63) is 29.6 Å². The van der Waals surface area contributed by atoms with Gasteiger partial charge in [0.2, 0.25) is 0 Å². The van der Waals surface area contributed by atoms with E-state index in [0.29, 0.717) is 17.7 Å². The molecule has 0 radical (unpaired) electrons. The van der Waals surface area contributed by atoms with Gasteiger partial charge < -0.3 is 9.84 Å². The van der Waals surface area contributed by atoms with Crippen LogP contribution in [0.4, 0.5) is 14.9 Å². The summed E-state index contributed by atoms with van der Waals surface area (Å²) in [7, 11) is 0. The second kappa shape index (κ2) is 6.43. The van der Waals surface area contributed by atoms with Crippen molar-refractivity contribution in [2.24, 2.45) is 5.41 Å². The average Bonchev–Trinajstić information content (AvgIpc) is 2.30. The molecule has 0 aliphatic carbocycles. The molecule has 0 spiro atoms. The molecule has 0 aliphatic rings. The van der Waals surface area contributed by atoms with E-state index in [4.69, 9.17) is 4.74 Å². The zero-order valence-corrected chi connectivity index (χ0v) is 13.3. The lowest BCUT2D eigenvalue weighted by Gasteiger charge is -2.24. The van der Waals surface area contributed by atoms with Gasteiger partial charge >= 0.3 is 6.09 Å². The molecule has 4 nitrogen and oxygen atoms in total. The van der Waals surface area contributed by atoms with Crippen LogP contribution in [0.2, 0.25) is 0 Å². The van der Waals surface area contributed by atoms with Crippen LogP contribution < -0.4 is 5.32 Å². The van der Waals surface area contributed by atoms with Crippen molar-refractivity contribution in [3.63, 3.8) is 0 Å². The number of ether oxygens (including phenoxy) is 1. The standard InChI is InChI=1S/C16H24FNO3/c1-15(2,3)21-14(20)18-13-7-6-12(17)8-11(13)9-16(4,5)10-19/h6-8,19H,9-10H2,1-5H3,(H,18,20). The lowest BCUT2D eigenvalue weighted by molar-refractivity contribution is 0.0635. The molecule has 0 unspecified atom stereocenters. The van der Waals surface area contributed by atoms with Gasteiger partial charge in [0.05, 0.1) is 0 Å². The van der Waals surface area contributed by atoms with E-state index >= 15 is 0 Å². The number of anilines is 1. The summed E-state index contributed by atoms with van der Waals surface area (Å²) in [5.41, 5.74) is 0.111. The Morgan fingerprint density at radius 1 is 1.29 bits per heavy atom. The third-order valence-electron chi connectivity index (χ3n) is 2.80. The van der Waals surface area contributed by atoms with Crippen LogP contribution in [0.15, 0.2) is 18.2 Å². The smallest absolute Gasteiger partial charge is 0.412 e. The summed E-state index contributed by atoms with van der Waals surface area (Å²) in [6.45, 7) is 9.02. The molecule has 0 saturated heterocycles. The van der Waals surface area contributed by atoms with Crippen LogP contribution in [0.5, 0.6) is 0 Å². The van der Waals surface area contributed by atoms with E-state index in [2.05, 4.69) is 5.32 Å². The Balaban J connectivity index is 2.94. The molecule has 5 heteroatoms. The summed E-state index contributed by atoms with van der Waals surface area (Å²) in [5.74, 6) is -0.381. The number of carbonyl (C=O) groups excluding carboxylic acids is 1. The lowest BCUT2D eigenvalue weighted by atomic mass is 9.86. The maximum atomic E-state index is 13.4. The van der Waals surface area contributed by atoms with Crippen LogP contribution in [0.25, 0.3) is 0 Å². The third kappa shape index (κ3) is 6.12. The predicted octanol–water partition coefficient (Wildman–Crippen LogP) is 3.73. The summed E-state index contributed by atoms with van der Waals surface area (Å²) >= 11 is 0. The molecule has 0 bridgehead atoms. The lowest BCUT2D eigenvalue weighted by Crippen LogP contribution is -2.28. The van der Waals surface area contributed by atoms with Gasteiger partial charge in [0.1, 0.15) is 11.4 Å². The summed E-state index contributed by atoms with van der Waals surface area (Å²) in [5, 5.41) is 12.0. The molecule has 0 heterocycles. The SMILES string of the molecule is CC(C)(CO)Cc1cc(F)ccc1NC(=O)OC(C)(C)C. The van der Waals surface area contributed by atoms with E-state index in [1.165, 1.54) is 18.2 Å². The fraction of sp³-hybridized carbons (Fsp3) is 0.562. The van der Waals surface area contributed by atoms with Crippen molar-refractivity contribution in [1.29, 1.82) is 0 Å². The Bertz CT molecular complexity index is 507. The molecule has 2 N–H and O–H groups in total. The first kappa shape index (κ1) is 17.4. The van der Waals surface area contributed by atoms with Crippen molar-refractivity contribution < 1.29 is 19.0 Å². The molecular formula is C16H24FNO3. The highest BCUT2D eigenvalue weighted by molar-refractivity contribution is 5.86. The first-order chi connectivity index (χ1) is 9.52. The van der Waals surface area contributed by atoms with E-state index in [9.17, 15) is 14.3 Å². The summed E-state index contributed by atoms with van der Waals surface area (Å²) in [6.07, 6.45) is -0.149. The largest absolute Gasteiger partial charge is 0.444 e. The number of benzene rings is 1. The van der Waals surface area contributed by atoms with E-state index in [1.54, 1.807) is 20.8 Å². The number of nitrogens with one attached hydrogen (secondary N) is 1. The van der Waals surface area contributed by atoms with Crippen LogP contribution in [-0.4, -0.2) is 23.4 Å². The highest BCUT2D eigenvalue weighted by Crippen LogP contribution is 2.27. The van der Waals surface area contributed by atoms with Gasteiger partial charge in [0.25, 0.3) is 0 Å². The number of aliphatic hydroxyl groups excluding tert-OH is 1. The zero-order chi connectivity index (χ0) is 16.3. The maximum absolute atomic E-state index is 13.4. The molecule has 1 amide bonds. The molecule has 0 atom stereocenters. The van der Waals surface area contributed by atoms with Gasteiger partial charge in [0.15, 0.2) is 0 Å². The highest BCUT2D eigenvalue weighted by atomic mass is 19.1. The molecule has 0 saturated carbocycles. The van der Waals surface area contributed by atoms with Crippen LogP contribution in [0.3, 0.4) is 0 Å². The van der Waals surface area contributed by atoms with E-state index in [-0.39, 0.29) is 12.4 Å². The molecule has 118 valence electrons. The maximum Gasteiger partial charge on any atom is 0.412 e. The third-order valence-corrected chi connectivity index (χ3v) is 2.80. The van der Waals surface area contributed by atoms with Gasteiger partial charge in [-0.25, -0.2) is 9.18 Å². The normalized spacial score (nSPS) is 12.1. The Hall–Kier alpha value is -1.62. The van der Waals surface area contributed by atoms with Crippen molar-refractivity contribution >= 4 is 11.8 Å². The van der Waals surface area contributed by atoms with Gasteiger partial charge in [-0.2, -0.15) is 0 Å². The summed E-state index contributed by atoms with van der Waals surface area (Å²) < 4.78 is 18.6. The van der Waals surface area contributed by atoms with E-state index < -0.39 is 17.1 Å². The number of hydrogen-bond acceptors (Lipinski definition) is 3. The fourth-order valence-corrected chi connectivity index (χ4v) is 1.82. The predicted molar refractivity (Wildman–Crippen MR) is 80.8 cm³/mol. The van der Waals surface area contributed by atoms with Crippen LogP contribution >= 0.6 is 0 Å². The van der Waals surface area contributed by atoms with E-state index in [1.807, 2.05) is 13.8 Å². The Morgan fingerprint density at radius 3 is 2.43 bits per heavy atom. The van der Waals surface area contributed by atoms with Crippen molar-refractivity contribution in [2.45, 2.75) is 46.6 Å². The van der Waals surface area contributed by atoms with Crippen LogP contribution in [0.1, 0.15) is 40.2 Å². The monoisotopic (exact) mass is 297 g/mol. The molecule has 1 aromatic rings. The second-order valence-corrected chi connectivity index (χ2v) is 6.93. The minimum atomic E-state index is -0.603. The first-order valence-corrected chi connectivity index (χ1v) is 6.92. The van der Waals surface area contributed by atoms with Gasteiger partial charge in [-0.3, -0.25) is 5.32 Å². The zero-order valence-electron chi connectivity index (χ0n) is 13.3. The molecule has 1 aromatic carbocycles. The van der Waals surface area contributed by atoms with Crippen molar-refractivity contribution in [1.82, 2.24) is 0 Å². The van der Waals surface area contributed by atoms with Gasteiger partial charge in [-0.05, 0) is 56.4 Å². The summed E-state index contributed by atoms with van der Waals surface area (Å²) in [6, 6.07) is 4.15. The average molecular weight is 297 g/mol. The first-order valence-electron chi connectivity index (χ1n) is 6.92. The number of aliphatic hydroxyl groups is 1. The van der Waals surface area contributed by atoms with Crippen LogP contribution in [0, 0.1) is 11.2 Å². The Morgan fingerprint density at radius 2 is 1.90 bits per heavy atom. The minimum Gasteiger partial charge on any atom is -0.444 e. The number of amides is 1. The highest BCUT2D eigenvalue weighted by Gasteiger charge is 2.21. The number of rotatable bonds is 4. The molecule has 1 rings (SSSR count). The molecule has 0 aliphatic heterocycles. The quantitative estimate of drug-likeness (QED) is 0.890. The minimum absolute atomic E-state index is 0.0324. The van der Waals surface area contributed by atoms with E-state index in [0.717, 1.165) is 0 Å². The summed E-state index contributed by atoms with van der Waals surface area (Å²) in [4.78, 5) is 11.8. The van der Waals surface area contributed by atoms with Crippen molar-refractivity contribution in [3.8, 4) is 0 Å². The molecule has 21 heavy (non-hydrogen) atoms. The number of halogens is 1. The topological polar surface area (TPSA) is 58.6 Å². The van der Waals surface area contributed by atoms with Crippen molar-refractivity contribution in [2.75, 3.05) is 11.9 Å². The second-order valence-electron chi connectivity index (χ2n) is 6.93. The molecule has 0 fully saturated rings. The Labute approximate surface area is 125 Å². The molecular weight excluding hydrogens is 273 g/mol. The van der Waals surface area contributed by atoms with Gasteiger partial charge in [-0.1, -0.05) is 13.8 Å². The van der Waals surface area contributed by atoms with Crippen LogP contribution in [-0.2, 0) is 11.2 Å². The molecule has 0 aromatic heterocycles. The Kier molecular flexibility index (Phi) is 5.34. The van der Waals surface area contributed by atoms with Gasteiger partial charge in [0, 0.05) is 12.3 Å².